The normalized spacial score (nSPS) is 10.5. The summed E-state index contributed by atoms with van der Waals surface area (Å²) >= 11 is 0. The van der Waals surface area contributed by atoms with Crippen LogP contribution in [-0.4, -0.2) is 23.2 Å². The molecule has 1 N–H and O–H groups in total. The number of hydrogen-bond acceptors (Lipinski definition) is 6. The van der Waals surface area contributed by atoms with E-state index in [9.17, 15) is 4.79 Å². The maximum atomic E-state index is 12.3. The first kappa shape index (κ1) is 20.2. The van der Waals surface area contributed by atoms with E-state index in [2.05, 4.69) is 15.5 Å². The van der Waals surface area contributed by atoms with Gasteiger partial charge >= 0.3 is 0 Å². The molecule has 0 saturated heterocycles. The number of carbonyl (C=O) groups excluding carboxylic acids is 1. The number of nitrogens with zero attached hydrogens (tertiary/aromatic N) is 2. The molecule has 1 amide bonds. The maximum Gasteiger partial charge on any atom is 0.227 e. The average Bonchev–Trinajstić information content (AvgIpc) is 3.29. The molecule has 0 atom stereocenters. The van der Waals surface area contributed by atoms with E-state index in [1.165, 1.54) is 0 Å². The summed E-state index contributed by atoms with van der Waals surface area (Å²) in [5, 5.41) is 6.84. The van der Waals surface area contributed by atoms with E-state index >= 15 is 0 Å². The lowest BCUT2D eigenvalue weighted by Crippen LogP contribution is -2.12. The zero-order valence-electron chi connectivity index (χ0n) is 16.9. The Morgan fingerprint density at radius 3 is 2.45 bits per heavy atom. The molecule has 0 spiro atoms. The highest BCUT2D eigenvalue weighted by atomic mass is 16.5. The lowest BCUT2D eigenvalue weighted by atomic mass is 10.2. The predicted octanol–water partition coefficient (Wildman–Crippen LogP) is 5.11. The van der Waals surface area contributed by atoms with Gasteiger partial charge in [-0.2, -0.15) is 4.98 Å². The van der Waals surface area contributed by atoms with Gasteiger partial charge in [-0.05, 0) is 48.5 Å². The molecular weight excluding hydrogens is 394 g/mol. The molecule has 0 fully saturated rings. The number of aryl methyl sites for hydroxylation is 1. The number of nitrogens with one attached hydrogen (secondary N) is 1. The van der Waals surface area contributed by atoms with Crippen LogP contribution in [0.15, 0.2) is 83.4 Å². The SMILES string of the molecule is COc1cccc(-c2noc(CCC(=O)Nc3ccc(Oc4ccccc4)cc3)n2)c1. The minimum absolute atomic E-state index is 0.141. The molecule has 3 aromatic carbocycles. The van der Waals surface area contributed by atoms with Crippen molar-refractivity contribution in [1.82, 2.24) is 10.1 Å². The number of methoxy groups -OCH3 is 1. The molecule has 1 aromatic heterocycles. The third kappa shape index (κ3) is 5.48. The fraction of sp³-hybridized carbons (Fsp3) is 0.125. The lowest BCUT2D eigenvalue weighted by molar-refractivity contribution is -0.116. The zero-order valence-corrected chi connectivity index (χ0v) is 16.9. The van der Waals surface area contributed by atoms with Crippen molar-refractivity contribution >= 4 is 11.6 Å². The van der Waals surface area contributed by atoms with E-state index in [0.29, 0.717) is 35.3 Å². The van der Waals surface area contributed by atoms with Gasteiger partial charge in [-0.3, -0.25) is 4.79 Å². The molecular formula is C24H21N3O4. The van der Waals surface area contributed by atoms with Crippen LogP contribution in [0.2, 0.25) is 0 Å². The van der Waals surface area contributed by atoms with Crippen LogP contribution in [0.1, 0.15) is 12.3 Å². The second-order valence-corrected chi connectivity index (χ2v) is 6.73. The summed E-state index contributed by atoms with van der Waals surface area (Å²) in [7, 11) is 1.60. The summed E-state index contributed by atoms with van der Waals surface area (Å²) in [6.07, 6.45) is 0.569. The smallest absolute Gasteiger partial charge is 0.227 e. The van der Waals surface area contributed by atoms with Gasteiger partial charge in [0.05, 0.1) is 7.11 Å². The molecule has 7 nitrogen and oxygen atoms in total. The molecule has 0 radical (unpaired) electrons. The van der Waals surface area contributed by atoms with Crippen molar-refractivity contribution in [3.63, 3.8) is 0 Å². The molecule has 0 unspecified atom stereocenters. The Hall–Kier alpha value is -4.13. The molecule has 0 aliphatic rings. The van der Waals surface area contributed by atoms with Gasteiger partial charge in [0.25, 0.3) is 0 Å². The highest BCUT2D eigenvalue weighted by Gasteiger charge is 2.11. The van der Waals surface area contributed by atoms with Crippen LogP contribution in [0, 0.1) is 0 Å². The quantitative estimate of drug-likeness (QED) is 0.430. The first-order valence-electron chi connectivity index (χ1n) is 9.79. The molecule has 156 valence electrons. The van der Waals surface area contributed by atoms with E-state index in [4.69, 9.17) is 14.0 Å². The first-order valence-corrected chi connectivity index (χ1v) is 9.79. The first-order chi connectivity index (χ1) is 15.2. The van der Waals surface area contributed by atoms with Crippen molar-refractivity contribution in [3.8, 4) is 28.6 Å². The number of anilines is 1. The average molecular weight is 415 g/mol. The van der Waals surface area contributed by atoms with Gasteiger partial charge in [-0.15, -0.1) is 0 Å². The topological polar surface area (TPSA) is 86.5 Å². The maximum absolute atomic E-state index is 12.3. The van der Waals surface area contributed by atoms with E-state index in [-0.39, 0.29) is 12.3 Å². The molecule has 0 bridgehead atoms. The van der Waals surface area contributed by atoms with E-state index in [1.54, 1.807) is 31.4 Å². The third-order valence-corrected chi connectivity index (χ3v) is 4.48. The van der Waals surface area contributed by atoms with Crippen LogP contribution < -0.4 is 14.8 Å². The van der Waals surface area contributed by atoms with Gasteiger partial charge in [0.2, 0.25) is 17.6 Å². The molecule has 0 aliphatic carbocycles. The van der Waals surface area contributed by atoms with Crippen LogP contribution in [0.25, 0.3) is 11.4 Å². The van der Waals surface area contributed by atoms with E-state index in [1.807, 2.05) is 54.6 Å². The number of ether oxygens (including phenoxy) is 2. The minimum Gasteiger partial charge on any atom is -0.497 e. The number of para-hydroxylation sites is 1. The number of carbonyl (C=O) groups is 1. The van der Waals surface area contributed by atoms with Crippen molar-refractivity contribution < 1.29 is 18.8 Å². The molecule has 31 heavy (non-hydrogen) atoms. The summed E-state index contributed by atoms with van der Waals surface area (Å²) in [5.41, 5.74) is 1.48. The summed E-state index contributed by atoms with van der Waals surface area (Å²) in [5.74, 6) is 2.89. The fourth-order valence-electron chi connectivity index (χ4n) is 2.91. The fourth-order valence-corrected chi connectivity index (χ4v) is 2.91. The number of amides is 1. The van der Waals surface area contributed by atoms with Gasteiger partial charge in [-0.25, -0.2) is 0 Å². The highest BCUT2D eigenvalue weighted by molar-refractivity contribution is 5.90. The Kier molecular flexibility index (Phi) is 6.23. The summed E-state index contributed by atoms with van der Waals surface area (Å²) in [4.78, 5) is 16.6. The predicted molar refractivity (Wildman–Crippen MR) is 116 cm³/mol. The molecule has 4 aromatic rings. The standard InChI is InChI=1S/C24H21N3O4/c1-29-21-9-5-6-17(16-21)24-26-23(31-27-24)15-14-22(28)25-18-10-12-20(13-11-18)30-19-7-3-2-4-8-19/h2-13,16H,14-15H2,1H3,(H,25,28). The van der Waals surface area contributed by atoms with E-state index in [0.717, 1.165) is 11.3 Å². The van der Waals surface area contributed by atoms with Gasteiger partial charge < -0.3 is 19.3 Å². The number of rotatable bonds is 8. The highest BCUT2D eigenvalue weighted by Crippen LogP contribution is 2.23. The molecule has 1 heterocycles. The Balaban J connectivity index is 1.29. The zero-order chi connectivity index (χ0) is 21.5. The summed E-state index contributed by atoms with van der Waals surface area (Å²) in [6.45, 7) is 0. The van der Waals surface area contributed by atoms with Crippen molar-refractivity contribution in [2.45, 2.75) is 12.8 Å². The Morgan fingerprint density at radius 2 is 1.68 bits per heavy atom. The lowest BCUT2D eigenvalue weighted by Gasteiger charge is -2.07. The van der Waals surface area contributed by atoms with Crippen LogP contribution >= 0.6 is 0 Å². The van der Waals surface area contributed by atoms with Crippen molar-refractivity contribution in [2.24, 2.45) is 0 Å². The molecule has 0 saturated carbocycles. The largest absolute Gasteiger partial charge is 0.497 e. The Bertz CT molecular complexity index is 1140. The Morgan fingerprint density at radius 1 is 0.935 bits per heavy atom. The van der Waals surface area contributed by atoms with Crippen LogP contribution in [-0.2, 0) is 11.2 Å². The summed E-state index contributed by atoms with van der Waals surface area (Å²) in [6, 6.07) is 24.1. The molecule has 4 rings (SSSR count). The second kappa shape index (κ2) is 9.58. The van der Waals surface area contributed by atoms with Crippen LogP contribution in [0.5, 0.6) is 17.2 Å². The van der Waals surface area contributed by atoms with Gasteiger partial charge in [0, 0.05) is 24.1 Å². The second-order valence-electron chi connectivity index (χ2n) is 6.73. The minimum atomic E-state index is -0.141. The van der Waals surface area contributed by atoms with Crippen LogP contribution in [0.3, 0.4) is 0 Å². The van der Waals surface area contributed by atoms with E-state index < -0.39 is 0 Å². The number of benzene rings is 3. The molecule has 0 aliphatic heterocycles. The third-order valence-electron chi connectivity index (χ3n) is 4.48. The Labute approximate surface area is 179 Å². The monoisotopic (exact) mass is 415 g/mol. The number of hydrogen-bond donors (Lipinski definition) is 1. The van der Waals surface area contributed by atoms with Gasteiger partial charge in [-0.1, -0.05) is 35.5 Å². The van der Waals surface area contributed by atoms with Gasteiger partial charge in [0.15, 0.2) is 0 Å². The molecule has 7 heteroatoms. The van der Waals surface area contributed by atoms with Gasteiger partial charge in [0.1, 0.15) is 17.2 Å². The van der Waals surface area contributed by atoms with Crippen LogP contribution in [0.4, 0.5) is 5.69 Å². The van der Waals surface area contributed by atoms with Crippen molar-refractivity contribution in [2.75, 3.05) is 12.4 Å². The number of aromatic nitrogens is 2. The van der Waals surface area contributed by atoms with Crippen molar-refractivity contribution in [1.29, 1.82) is 0 Å². The van der Waals surface area contributed by atoms with Crippen molar-refractivity contribution in [3.05, 3.63) is 84.8 Å². The summed E-state index contributed by atoms with van der Waals surface area (Å²) < 4.78 is 16.2.